The van der Waals surface area contributed by atoms with Gasteiger partial charge < -0.3 is 0 Å². The minimum absolute atomic E-state index is 0.0298. The van der Waals surface area contributed by atoms with Gasteiger partial charge in [0.25, 0.3) is 15.9 Å². The maximum atomic E-state index is 13.7. The molecular formula is C19H18FN3O4S2. The molecule has 1 aromatic heterocycles. The van der Waals surface area contributed by atoms with Gasteiger partial charge in [-0.1, -0.05) is 17.0 Å². The predicted octanol–water partition coefficient (Wildman–Crippen LogP) is 3.27. The van der Waals surface area contributed by atoms with Crippen molar-refractivity contribution < 1.29 is 22.4 Å². The van der Waals surface area contributed by atoms with E-state index < -0.39 is 15.9 Å². The molecule has 0 saturated carbocycles. The number of nitrogens with one attached hydrogen (secondary N) is 2. The third kappa shape index (κ3) is 5.24. The van der Waals surface area contributed by atoms with Gasteiger partial charge in [-0.15, -0.1) is 11.3 Å². The van der Waals surface area contributed by atoms with Crippen LogP contribution in [0.25, 0.3) is 0 Å². The summed E-state index contributed by atoms with van der Waals surface area (Å²) >= 11 is 1.29. The van der Waals surface area contributed by atoms with E-state index in [4.69, 9.17) is 0 Å². The van der Waals surface area contributed by atoms with E-state index in [1.807, 2.05) is 11.0 Å². The van der Waals surface area contributed by atoms with Gasteiger partial charge in [-0.2, -0.15) is 0 Å². The number of amides is 1. The van der Waals surface area contributed by atoms with Crippen molar-refractivity contribution in [3.8, 4) is 0 Å². The Bertz CT molecular complexity index is 1130. The second-order valence-corrected chi connectivity index (χ2v) is 8.92. The number of aryl methyl sites for hydroxylation is 1. The molecule has 0 aliphatic carbocycles. The van der Waals surface area contributed by atoms with Gasteiger partial charge in [0.15, 0.2) is 5.13 Å². The van der Waals surface area contributed by atoms with Crippen LogP contribution in [-0.4, -0.2) is 26.4 Å². The largest absolute Gasteiger partial charge is 0.298 e. The van der Waals surface area contributed by atoms with E-state index in [0.717, 1.165) is 10.4 Å². The first kappa shape index (κ1) is 21.1. The molecule has 3 aromatic rings. The molecule has 7 nitrogen and oxygen atoms in total. The van der Waals surface area contributed by atoms with Gasteiger partial charge >= 0.3 is 0 Å². The summed E-state index contributed by atoms with van der Waals surface area (Å²) < 4.78 is 37.3. The van der Waals surface area contributed by atoms with E-state index in [1.54, 1.807) is 19.2 Å². The first-order valence-electron chi connectivity index (χ1n) is 8.44. The Kier molecular flexibility index (Phi) is 6.38. The topological polar surface area (TPSA) is 97.4 Å². The Hall–Kier alpha value is -2.66. The number of benzene rings is 2. The molecule has 2 aromatic carbocycles. The standard InChI is InChI=1S/C19H18FN3O4S2/c1-12-3-4-13(10-17(12)20)9-15-11-21-19(28-15)22-18(24)14-5-7-16(8-6-14)29(25,26)23-27-2/h3-8,10-11,23H,9H2,1-2H3,(H,21,22,24). The molecule has 1 amide bonds. The number of rotatable bonds is 7. The van der Waals surface area contributed by atoms with Crippen molar-refractivity contribution in [2.24, 2.45) is 0 Å². The first-order chi connectivity index (χ1) is 13.8. The molecule has 10 heteroatoms. The maximum absolute atomic E-state index is 13.7. The molecule has 152 valence electrons. The number of halogens is 1. The second kappa shape index (κ2) is 8.78. The quantitative estimate of drug-likeness (QED) is 0.555. The zero-order valence-electron chi connectivity index (χ0n) is 15.6. The molecule has 0 saturated heterocycles. The van der Waals surface area contributed by atoms with Gasteiger partial charge in [-0.25, -0.2) is 17.8 Å². The van der Waals surface area contributed by atoms with Gasteiger partial charge in [-0.3, -0.25) is 14.9 Å². The van der Waals surface area contributed by atoms with E-state index in [1.165, 1.54) is 48.8 Å². The third-order valence-electron chi connectivity index (χ3n) is 4.01. The van der Waals surface area contributed by atoms with Crippen molar-refractivity contribution >= 4 is 32.4 Å². The number of sulfonamides is 1. The van der Waals surface area contributed by atoms with Crippen LogP contribution in [0, 0.1) is 12.7 Å². The fourth-order valence-corrected chi connectivity index (χ4v) is 4.16. The van der Waals surface area contributed by atoms with Crippen LogP contribution < -0.4 is 10.2 Å². The summed E-state index contributed by atoms with van der Waals surface area (Å²) in [5, 5.41) is 3.07. The Labute approximate surface area is 171 Å². The van der Waals surface area contributed by atoms with Gasteiger partial charge in [0.05, 0.1) is 12.0 Å². The average Bonchev–Trinajstić information content (AvgIpc) is 3.11. The molecule has 2 N–H and O–H groups in total. The molecular weight excluding hydrogens is 417 g/mol. The normalized spacial score (nSPS) is 11.4. The van der Waals surface area contributed by atoms with Crippen LogP contribution >= 0.6 is 11.3 Å². The van der Waals surface area contributed by atoms with Gasteiger partial charge in [-0.05, 0) is 48.4 Å². The lowest BCUT2D eigenvalue weighted by atomic mass is 10.1. The summed E-state index contributed by atoms with van der Waals surface area (Å²) in [6.07, 6.45) is 2.13. The maximum Gasteiger partial charge on any atom is 0.262 e. The molecule has 0 fully saturated rings. The zero-order chi connectivity index (χ0) is 21.0. The molecule has 0 atom stereocenters. The molecule has 3 rings (SSSR count). The number of nitrogens with zero attached hydrogens (tertiary/aromatic N) is 1. The van der Waals surface area contributed by atoms with Gasteiger partial charge in [0.1, 0.15) is 5.82 Å². The van der Waals surface area contributed by atoms with Crippen LogP contribution in [0.5, 0.6) is 0 Å². The van der Waals surface area contributed by atoms with E-state index in [2.05, 4.69) is 15.1 Å². The van der Waals surface area contributed by atoms with E-state index in [0.29, 0.717) is 17.1 Å². The molecule has 0 aliphatic heterocycles. The van der Waals surface area contributed by atoms with Crippen LogP contribution in [0.1, 0.15) is 26.4 Å². The summed E-state index contributed by atoms with van der Waals surface area (Å²) in [6, 6.07) is 10.4. The zero-order valence-corrected chi connectivity index (χ0v) is 17.2. The highest BCUT2D eigenvalue weighted by atomic mass is 32.2. The number of carbonyl (C=O) groups is 1. The van der Waals surface area contributed by atoms with Gasteiger partial charge in [0.2, 0.25) is 0 Å². The summed E-state index contributed by atoms with van der Waals surface area (Å²) in [5.74, 6) is -0.678. The summed E-state index contributed by atoms with van der Waals surface area (Å²) in [6.45, 7) is 1.70. The van der Waals surface area contributed by atoms with Crippen molar-refractivity contribution in [1.29, 1.82) is 0 Å². The molecule has 29 heavy (non-hydrogen) atoms. The van der Waals surface area contributed by atoms with Crippen molar-refractivity contribution in [1.82, 2.24) is 9.87 Å². The van der Waals surface area contributed by atoms with Crippen molar-refractivity contribution in [2.75, 3.05) is 12.4 Å². The minimum Gasteiger partial charge on any atom is -0.298 e. The SMILES string of the molecule is CONS(=O)(=O)c1ccc(C(=O)Nc2ncc(Cc3ccc(C)c(F)c3)s2)cc1. The van der Waals surface area contributed by atoms with E-state index >= 15 is 0 Å². The Balaban J connectivity index is 1.66. The predicted molar refractivity (Wildman–Crippen MR) is 108 cm³/mol. The fraction of sp³-hybridized carbons (Fsp3) is 0.158. The van der Waals surface area contributed by atoms with Gasteiger partial charge in [0, 0.05) is 23.1 Å². The van der Waals surface area contributed by atoms with Crippen molar-refractivity contribution in [2.45, 2.75) is 18.2 Å². The number of hydrogen-bond donors (Lipinski definition) is 2. The van der Waals surface area contributed by atoms with Crippen LogP contribution in [-0.2, 0) is 21.3 Å². The lowest BCUT2D eigenvalue weighted by Gasteiger charge is -2.05. The minimum atomic E-state index is -3.78. The van der Waals surface area contributed by atoms with Crippen molar-refractivity contribution in [3.63, 3.8) is 0 Å². The number of hydrogen-bond acceptors (Lipinski definition) is 6. The highest BCUT2D eigenvalue weighted by Crippen LogP contribution is 2.23. The summed E-state index contributed by atoms with van der Waals surface area (Å²) in [5.41, 5.74) is 1.68. The molecule has 0 unspecified atom stereocenters. The molecule has 0 bridgehead atoms. The highest BCUT2D eigenvalue weighted by Gasteiger charge is 2.15. The van der Waals surface area contributed by atoms with E-state index in [9.17, 15) is 17.6 Å². The number of aromatic nitrogens is 1. The van der Waals surface area contributed by atoms with Crippen molar-refractivity contribution in [3.05, 3.63) is 76.0 Å². The Morgan fingerprint density at radius 1 is 1.21 bits per heavy atom. The van der Waals surface area contributed by atoms with Crippen LogP contribution in [0.15, 0.2) is 53.6 Å². The lowest BCUT2D eigenvalue weighted by molar-refractivity contribution is 0.102. The number of carbonyl (C=O) groups excluding carboxylic acids is 1. The highest BCUT2D eigenvalue weighted by molar-refractivity contribution is 7.89. The van der Waals surface area contributed by atoms with E-state index in [-0.39, 0.29) is 16.3 Å². The van der Waals surface area contributed by atoms with Crippen LogP contribution in [0.4, 0.5) is 9.52 Å². The Morgan fingerprint density at radius 2 is 1.93 bits per heavy atom. The molecule has 0 spiro atoms. The lowest BCUT2D eigenvalue weighted by Crippen LogP contribution is -2.22. The number of anilines is 1. The second-order valence-electron chi connectivity index (χ2n) is 6.16. The molecule has 1 heterocycles. The summed E-state index contributed by atoms with van der Waals surface area (Å²) in [7, 11) is -2.59. The van der Waals surface area contributed by atoms with Crippen LogP contribution in [0.2, 0.25) is 0 Å². The smallest absolute Gasteiger partial charge is 0.262 e. The fourth-order valence-electron chi connectivity index (χ4n) is 2.51. The monoisotopic (exact) mass is 435 g/mol. The van der Waals surface area contributed by atoms with Crippen LogP contribution in [0.3, 0.4) is 0 Å². The average molecular weight is 436 g/mol. The Morgan fingerprint density at radius 3 is 2.59 bits per heavy atom. The molecule has 0 radical (unpaired) electrons. The number of thiazole rings is 1. The molecule has 0 aliphatic rings. The first-order valence-corrected chi connectivity index (χ1v) is 10.7. The summed E-state index contributed by atoms with van der Waals surface area (Å²) in [4.78, 5) is 23.7. The third-order valence-corrected chi connectivity index (χ3v) is 6.20.